The Labute approximate surface area is 91.4 Å². The summed E-state index contributed by atoms with van der Waals surface area (Å²) in [7, 11) is 1.69. The molecule has 1 fully saturated rings. The first kappa shape index (κ1) is 10.5. The van der Waals surface area contributed by atoms with Gasteiger partial charge in [0.15, 0.2) is 0 Å². The van der Waals surface area contributed by atoms with E-state index in [1.54, 1.807) is 7.11 Å². The number of methoxy groups -OCH3 is 1. The zero-order valence-corrected chi connectivity index (χ0v) is 9.71. The summed E-state index contributed by atoms with van der Waals surface area (Å²) in [4.78, 5) is 0. The molecule has 0 amide bonds. The second-order valence-electron chi connectivity index (χ2n) is 5.08. The number of nitrogens with two attached hydrogens (primary N) is 1. The van der Waals surface area contributed by atoms with Gasteiger partial charge in [-0.15, -0.1) is 0 Å². The van der Waals surface area contributed by atoms with E-state index in [4.69, 9.17) is 10.5 Å². The van der Waals surface area contributed by atoms with E-state index >= 15 is 0 Å². The average molecular weight is 205 g/mol. The largest absolute Gasteiger partial charge is 0.497 e. The van der Waals surface area contributed by atoms with E-state index in [1.165, 1.54) is 12.0 Å². The van der Waals surface area contributed by atoms with Gasteiger partial charge in [-0.3, -0.25) is 0 Å². The van der Waals surface area contributed by atoms with Crippen LogP contribution in [0.25, 0.3) is 0 Å². The van der Waals surface area contributed by atoms with Gasteiger partial charge in [-0.2, -0.15) is 0 Å². The van der Waals surface area contributed by atoms with E-state index in [2.05, 4.69) is 26.0 Å². The maximum absolute atomic E-state index is 5.92. The zero-order valence-electron chi connectivity index (χ0n) is 9.71. The molecule has 2 heteroatoms. The zero-order chi connectivity index (χ0) is 11.1. The highest BCUT2D eigenvalue weighted by Crippen LogP contribution is 2.63. The van der Waals surface area contributed by atoms with Crippen molar-refractivity contribution in [3.05, 3.63) is 29.8 Å². The fraction of sp³-hybridized carbons (Fsp3) is 0.538. The lowest BCUT2D eigenvalue weighted by Gasteiger charge is -2.19. The Hall–Kier alpha value is -1.02. The normalized spacial score (nSPS) is 27.5. The first-order chi connectivity index (χ1) is 7.05. The predicted octanol–water partition coefficient (Wildman–Crippen LogP) is 2.32. The Bertz CT molecular complexity index is 355. The van der Waals surface area contributed by atoms with Crippen LogP contribution in [0.5, 0.6) is 5.75 Å². The molecular weight excluding hydrogens is 186 g/mol. The van der Waals surface area contributed by atoms with Crippen LogP contribution in [0.15, 0.2) is 24.3 Å². The van der Waals surface area contributed by atoms with Gasteiger partial charge in [0.1, 0.15) is 5.75 Å². The molecule has 1 aliphatic rings. The Morgan fingerprint density at radius 2 is 1.80 bits per heavy atom. The molecule has 0 bridgehead atoms. The van der Waals surface area contributed by atoms with Crippen LogP contribution in [-0.4, -0.2) is 13.7 Å². The Morgan fingerprint density at radius 1 is 1.27 bits per heavy atom. The number of hydrogen-bond donors (Lipinski definition) is 1. The van der Waals surface area contributed by atoms with Crippen molar-refractivity contribution in [3.63, 3.8) is 0 Å². The molecule has 0 spiro atoms. The summed E-state index contributed by atoms with van der Waals surface area (Å²) in [6.07, 6.45) is 1.18. The van der Waals surface area contributed by atoms with Crippen molar-refractivity contribution < 1.29 is 4.74 Å². The van der Waals surface area contributed by atoms with Crippen molar-refractivity contribution in [3.8, 4) is 5.75 Å². The van der Waals surface area contributed by atoms with E-state index in [0.717, 1.165) is 12.3 Å². The third-order valence-corrected chi connectivity index (χ3v) is 3.91. The molecule has 1 aromatic carbocycles. The van der Waals surface area contributed by atoms with Crippen molar-refractivity contribution in [1.82, 2.24) is 0 Å². The fourth-order valence-electron chi connectivity index (χ4n) is 2.58. The van der Waals surface area contributed by atoms with E-state index < -0.39 is 0 Å². The van der Waals surface area contributed by atoms with E-state index in [1.807, 2.05) is 12.1 Å². The lowest BCUT2D eigenvalue weighted by atomic mass is 9.88. The predicted molar refractivity (Wildman–Crippen MR) is 62.1 cm³/mol. The van der Waals surface area contributed by atoms with E-state index in [-0.39, 0.29) is 5.41 Å². The molecule has 0 aromatic heterocycles. The molecular formula is C13H19NO. The van der Waals surface area contributed by atoms with E-state index in [9.17, 15) is 0 Å². The SMILES string of the molecule is COc1ccc(C2(CN)CC2(C)C)cc1. The molecule has 0 heterocycles. The van der Waals surface area contributed by atoms with Crippen molar-refractivity contribution in [2.75, 3.05) is 13.7 Å². The standard InChI is InChI=1S/C13H19NO/c1-12(2)8-13(12,9-14)10-4-6-11(15-3)7-5-10/h4-7H,8-9,14H2,1-3H3. The van der Waals surface area contributed by atoms with Crippen molar-refractivity contribution in [2.45, 2.75) is 25.7 Å². The van der Waals surface area contributed by atoms with Gasteiger partial charge in [0.25, 0.3) is 0 Å². The second-order valence-corrected chi connectivity index (χ2v) is 5.08. The first-order valence-electron chi connectivity index (χ1n) is 5.40. The molecule has 15 heavy (non-hydrogen) atoms. The molecule has 0 radical (unpaired) electrons. The Morgan fingerprint density at radius 3 is 2.13 bits per heavy atom. The molecule has 1 saturated carbocycles. The van der Waals surface area contributed by atoms with Gasteiger partial charge in [-0.25, -0.2) is 0 Å². The maximum atomic E-state index is 5.92. The third-order valence-electron chi connectivity index (χ3n) is 3.91. The molecule has 1 aliphatic carbocycles. The van der Waals surface area contributed by atoms with E-state index in [0.29, 0.717) is 5.41 Å². The summed E-state index contributed by atoms with van der Waals surface area (Å²) in [5.41, 5.74) is 7.80. The number of benzene rings is 1. The summed E-state index contributed by atoms with van der Waals surface area (Å²) in [5, 5.41) is 0. The maximum Gasteiger partial charge on any atom is 0.118 e. The number of rotatable bonds is 3. The molecule has 2 N–H and O–H groups in total. The molecule has 1 aromatic rings. The van der Waals surface area contributed by atoms with Gasteiger partial charge in [-0.1, -0.05) is 26.0 Å². The third kappa shape index (κ3) is 1.44. The quantitative estimate of drug-likeness (QED) is 0.822. The summed E-state index contributed by atoms with van der Waals surface area (Å²) in [6.45, 7) is 5.29. The van der Waals surface area contributed by atoms with Crippen LogP contribution >= 0.6 is 0 Å². The monoisotopic (exact) mass is 205 g/mol. The first-order valence-corrected chi connectivity index (χ1v) is 5.40. The minimum Gasteiger partial charge on any atom is -0.497 e. The average Bonchev–Trinajstić information content (AvgIpc) is 2.82. The van der Waals surface area contributed by atoms with Crippen LogP contribution in [0.4, 0.5) is 0 Å². The Kier molecular flexibility index (Phi) is 2.27. The van der Waals surface area contributed by atoms with Crippen LogP contribution in [0.2, 0.25) is 0 Å². The van der Waals surface area contributed by atoms with Crippen molar-refractivity contribution in [1.29, 1.82) is 0 Å². The van der Waals surface area contributed by atoms with Gasteiger partial charge >= 0.3 is 0 Å². The smallest absolute Gasteiger partial charge is 0.118 e. The summed E-state index contributed by atoms with van der Waals surface area (Å²) < 4.78 is 5.16. The topological polar surface area (TPSA) is 35.2 Å². The summed E-state index contributed by atoms with van der Waals surface area (Å²) in [6, 6.07) is 8.31. The van der Waals surface area contributed by atoms with Gasteiger partial charge in [0.05, 0.1) is 7.11 Å². The second kappa shape index (κ2) is 3.24. The van der Waals surface area contributed by atoms with Gasteiger partial charge in [0.2, 0.25) is 0 Å². The summed E-state index contributed by atoms with van der Waals surface area (Å²) in [5.74, 6) is 0.907. The van der Waals surface area contributed by atoms with Crippen LogP contribution in [0, 0.1) is 5.41 Å². The van der Waals surface area contributed by atoms with Crippen molar-refractivity contribution in [2.24, 2.45) is 11.1 Å². The molecule has 0 saturated heterocycles. The number of hydrogen-bond acceptors (Lipinski definition) is 2. The van der Waals surface area contributed by atoms with Gasteiger partial charge in [0, 0.05) is 12.0 Å². The van der Waals surface area contributed by atoms with Crippen LogP contribution in [-0.2, 0) is 5.41 Å². The van der Waals surface area contributed by atoms with Crippen molar-refractivity contribution >= 4 is 0 Å². The lowest BCUT2D eigenvalue weighted by Crippen LogP contribution is -2.25. The molecule has 2 nitrogen and oxygen atoms in total. The minimum absolute atomic E-state index is 0.194. The van der Waals surface area contributed by atoms with Gasteiger partial charge < -0.3 is 10.5 Å². The molecule has 2 rings (SSSR count). The molecule has 1 unspecified atom stereocenters. The lowest BCUT2D eigenvalue weighted by molar-refractivity contribution is 0.414. The molecule has 1 atom stereocenters. The van der Waals surface area contributed by atoms with Gasteiger partial charge in [-0.05, 0) is 29.5 Å². The summed E-state index contributed by atoms with van der Waals surface area (Å²) >= 11 is 0. The minimum atomic E-state index is 0.194. The highest BCUT2D eigenvalue weighted by atomic mass is 16.5. The molecule has 82 valence electrons. The Balaban J connectivity index is 2.30. The van der Waals surface area contributed by atoms with Crippen LogP contribution in [0.3, 0.4) is 0 Å². The molecule has 0 aliphatic heterocycles. The number of ether oxygens (including phenoxy) is 1. The highest BCUT2D eigenvalue weighted by Gasteiger charge is 2.60. The fourth-order valence-corrected chi connectivity index (χ4v) is 2.58. The highest BCUT2D eigenvalue weighted by molar-refractivity contribution is 5.40. The van der Waals surface area contributed by atoms with Crippen LogP contribution < -0.4 is 10.5 Å². The van der Waals surface area contributed by atoms with Crippen LogP contribution in [0.1, 0.15) is 25.8 Å².